The summed E-state index contributed by atoms with van der Waals surface area (Å²) in [6.45, 7) is 6.25. The molecule has 118 valence electrons. The lowest BCUT2D eigenvalue weighted by atomic mass is 9.78. The summed E-state index contributed by atoms with van der Waals surface area (Å²) in [5, 5.41) is 3.18. The van der Waals surface area contributed by atoms with Crippen LogP contribution in [0.25, 0.3) is 0 Å². The molecular weight excluding hydrogens is 252 g/mol. The number of ether oxygens (including phenoxy) is 1. The third kappa shape index (κ3) is 4.45. The van der Waals surface area contributed by atoms with Gasteiger partial charge in [-0.15, -0.1) is 0 Å². The first-order valence-electron chi connectivity index (χ1n) is 8.05. The average molecular weight is 284 g/mol. The molecule has 0 spiro atoms. The first-order chi connectivity index (χ1) is 9.58. The van der Waals surface area contributed by atoms with Gasteiger partial charge in [0.2, 0.25) is 5.91 Å². The summed E-state index contributed by atoms with van der Waals surface area (Å²) >= 11 is 0. The van der Waals surface area contributed by atoms with Crippen molar-refractivity contribution in [2.24, 2.45) is 16.6 Å². The quantitative estimate of drug-likeness (QED) is 0.612. The van der Waals surface area contributed by atoms with Crippen LogP contribution in [0, 0.1) is 10.8 Å². The van der Waals surface area contributed by atoms with Crippen molar-refractivity contribution in [1.29, 1.82) is 0 Å². The Labute approximate surface area is 123 Å². The van der Waals surface area contributed by atoms with E-state index in [1.165, 1.54) is 12.8 Å². The molecule has 0 unspecified atom stereocenters. The molecule has 4 heteroatoms. The zero-order valence-electron chi connectivity index (χ0n) is 13.5. The minimum Gasteiger partial charge on any atom is -0.385 e. The number of carbonyl (C=O) groups is 1. The van der Waals surface area contributed by atoms with Gasteiger partial charge >= 0.3 is 0 Å². The molecule has 0 aromatic heterocycles. The lowest BCUT2D eigenvalue weighted by molar-refractivity contribution is -0.131. The minimum absolute atomic E-state index is 0.160. The van der Waals surface area contributed by atoms with Gasteiger partial charge in [0.25, 0.3) is 0 Å². The number of amides is 1. The largest absolute Gasteiger partial charge is 0.385 e. The summed E-state index contributed by atoms with van der Waals surface area (Å²) in [6.07, 6.45) is 7.21. The topological polar surface area (TPSA) is 64.4 Å². The molecule has 0 atom stereocenters. The third-order valence-electron chi connectivity index (χ3n) is 4.75. The van der Waals surface area contributed by atoms with E-state index in [9.17, 15) is 4.79 Å². The highest BCUT2D eigenvalue weighted by atomic mass is 16.5. The summed E-state index contributed by atoms with van der Waals surface area (Å²) in [5.41, 5.74) is 5.87. The maximum Gasteiger partial charge on any atom is 0.227 e. The smallest absolute Gasteiger partial charge is 0.227 e. The van der Waals surface area contributed by atoms with Gasteiger partial charge in [-0.1, -0.05) is 26.7 Å². The molecule has 1 aliphatic rings. The highest BCUT2D eigenvalue weighted by Gasteiger charge is 2.43. The van der Waals surface area contributed by atoms with E-state index in [0.717, 1.165) is 45.3 Å². The molecule has 0 aromatic carbocycles. The number of rotatable bonds is 11. The van der Waals surface area contributed by atoms with E-state index < -0.39 is 0 Å². The first-order valence-corrected chi connectivity index (χ1v) is 8.05. The predicted molar refractivity (Wildman–Crippen MR) is 82.5 cm³/mol. The lowest BCUT2D eigenvalue weighted by Crippen LogP contribution is -2.47. The van der Waals surface area contributed by atoms with Crippen molar-refractivity contribution in [3.05, 3.63) is 0 Å². The fourth-order valence-corrected chi connectivity index (χ4v) is 3.07. The van der Waals surface area contributed by atoms with Crippen LogP contribution in [0.2, 0.25) is 0 Å². The molecule has 1 aliphatic carbocycles. The van der Waals surface area contributed by atoms with Gasteiger partial charge in [-0.2, -0.15) is 0 Å². The van der Waals surface area contributed by atoms with Crippen LogP contribution in [-0.2, 0) is 9.53 Å². The zero-order chi connectivity index (χ0) is 15.1. The second kappa shape index (κ2) is 7.99. The van der Waals surface area contributed by atoms with Crippen LogP contribution >= 0.6 is 0 Å². The van der Waals surface area contributed by atoms with Crippen molar-refractivity contribution >= 4 is 5.91 Å². The summed E-state index contributed by atoms with van der Waals surface area (Å²) in [6, 6.07) is 0. The molecule has 3 N–H and O–H groups in total. The molecule has 0 aromatic rings. The lowest BCUT2D eigenvalue weighted by Gasteiger charge is -2.31. The Hall–Kier alpha value is -0.610. The molecule has 1 rings (SSSR count). The van der Waals surface area contributed by atoms with Crippen LogP contribution in [-0.4, -0.2) is 32.7 Å². The van der Waals surface area contributed by atoms with E-state index in [2.05, 4.69) is 19.2 Å². The monoisotopic (exact) mass is 284 g/mol. The number of hydrogen-bond acceptors (Lipinski definition) is 3. The molecule has 0 aliphatic heterocycles. The van der Waals surface area contributed by atoms with Crippen LogP contribution < -0.4 is 11.1 Å². The van der Waals surface area contributed by atoms with Crippen LogP contribution in [0.3, 0.4) is 0 Å². The fraction of sp³-hybridized carbons (Fsp3) is 0.938. The Balaban J connectivity index is 2.53. The van der Waals surface area contributed by atoms with Crippen molar-refractivity contribution in [3.63, 3.8) is 0 Å². The standard InChI is InChI=1S/C16H32N2O2/c1-4-6-16(12-17,7-5-2)14(19)18-13-15(8-9-15)10-11-20-3/h4-13,17H2,1-3H3,(H,18,19). The molecule has 0 radical (unpaired) electrons. The molecule has 1 fully saturated rings. The van der Waals surface area contributed by atoms with Crippen LogP contribution in [0.15, 0.2) is 0 Å². The Bertz CT molecular complexity index is 295. The zero-order valence-corrected chi connectivity index (χ0v) is 13.5. The van der Waals surface area contributed by atoms with Gasteiger partial charge in [-0.3, -0.25) is 4.79 Å². The number of nitrogens with one attached hydrogen (secondary N) is 1. The number of hydrogen-bond donors (Lipinski definition) is 2. The molecule has 1 amide bonds. The molecular formula is C16H32N2O2. The van der Waals surface area contributed by atoms with E-state index in [1.807, 2.05) is 0 Å². The number of carbonyl (C=O) groups excluding carboxylic acids is 1. The normalized spacial score (nSPS) is 17.0. The van der Waals surface area contributed by atoms with E-state index in [1.54, 1.807) is 7.11 Å². The second-order valence-electron chi connectivity index (χ2n) is 6.41. The summed E-state index contributed by atoms with van der Waals surface area (Å²) in [4.78, 5) is 12.6. The predicted octanol–water partition coefficient (Wildman–Crippen LogP) is 2.46. The Morgan fingerprint density at radius 2 is 1.90 bits per heavy atom. The Morgan fingerprint density at radius 1 is 1.30 bits per heavy atom. The Kier molecular flexibility index (Phi) is 6.96. The van der Waals surface area contributed by atoms with E-state index in [-0.39, 0.29) is 11.3 Å². The third-order valence-corrected chi connectivity index (χ3v) is 4.75. The van der Waals surface area contributed by atoms with Crippen molar-refractivity contribution in [2.75, 3.05) is 26.8 Å². The van der Waals surface area contributed by atoms with Crippen molar-refractivity contribution in [2.45, 2.75) is 58.8 Å². The van der Waals surface area contributed by atoms with Gasteiger partial charge in [0, 0.05) is 26.8 Å². The highest BCUT2D eigenvalue weighted by Crippen LogP contribution is 2.48. The average Bonchev–Trinajstić information content (AvgIpc) is 3.22. The van der Waals surface area contributed by atoms with Gasteiger partial charge < -0.3 is 15.8 Å². The molecule has 1 saturated carbocycles. The van der Waals surface area contributed by atoms with Crippen molar-refractivity contribution in [3.8, 4) is 0 Å². The molecule has 0 saturated heterocycles. The van der Waals surface area contributed by atoms with Gasteiger partial charge in [-0.05, 0) is 37.5 Å². The Morgan fingerprint density at radius 3 is 2.30 bits per heavy atom. The number of nitrogens with two attached hydrogens (primary N) is 1. The maximum absolute atomic E-state index is 12.6. The fourth-order valence-electron chi connectivity index (χ4n) is 3.07. The van der Waals surface area contributed by atoms with Gasteiger partial charge in [0.05, 0.1) is 5.41 Å². The van der Waals surface area contributed by atoms with Gasteiger partial charge in [-0.25, -0.2) is 0 Å². The SMILES string of the molecule is CCCC(CN)(CCC)C(=O)NCC1(CCOC)CC1. The molecule has 0 bridgehead atoms. The van der Waals surface area contributed by atoms with Crippen LogP contribution in [0.1, 0.15) is 58.8 Å². The van der Waals surface area contributed by atoms with Crippen molar-refractivity contribution in [1.82, 2.24) is 5.32 Å². The first kappa shape index (κ1) is 17.4. The maximum atomic E-state index is 12.6. The van der Waals surface area contributed by atoms with Gasteiger partial charge in [0.1, 0.15) is 0 Å². The minimum atomic E-state index is -0.360. The van der Waals surface area contributed by atoms with E-state index >= 15 is 0 Å². The van der Waals surface area contributed by atoms with Crippen LogP contribution in [0.4, 0.5) is 0 Å². The summed E-state index contributed by atoms with van der Waals surface area (Å²) < 4.78 is 5.16. The number of methoxy groups -OCH3 is 1. The van der Waals surface area contributed by atoms with Gasteiger partial charge in [0.15, 0.2) is 0 Å². The molecule has 4 nitrogen and oxygen atoms in total. The summed E-state index contributed by atoms with van der Waals surface area (Å²) in [5.74, 6) is 0.160. The highest BCUT2D eigenvalue weighted by molar-refractivity contribution is 5.83. The van der Waals surface area contributed by atoms with Crippen molar-refractivity contribution < 1.29 is 9.53 Å². The summed E-state index contributed by atoms with van der Waals surface area (Å²) in [7, 11) is 1.73. The molecule has 0 heterocycles. The van der Waals surface area contributed by atoms with E-state index in [0.29, 0.717) is 12.0 Å². The second-order valence-corrected chi connectivity index (χ2v) is 6.41. The molecule has 20 heavy (non-hydrogen) atoms. The van der Waals surface area contributed by atoms with E-state index in [4.69, 9.17) is 10.5 Å². The van der Waals surface area contributed by atoms with Crippen LogP contribution in [0.5, 0.6) is 0 Å².